The smallest absolute Gasteiger partial charge is 0.317 e. The molecular weight excluding hydrogens is 170 g/mol. The standard InChI is InChI=1S/C8H17N3O2/c1-5-9-8(13)11(4)6-7(12)10(2)3/h5-6H2,1-4H3,(H,9,13). The number of nitrogens with zero attached hydrogens (tertiary/aromatic N) is 2. The van der Waals surface area contributed by atoms with E-state index in [2.05, 4.69) is 5.32 Å². The van der Waals surface area contributed by atoms with Gasteiger partial charge >= 0.3 is 6.03 Å². The molecule has 0 aliphatic heterocycles. The Morgan fingerprint density at radius 1 is 1.23 bits per heavy atom. The fourth-order valence-electron chi connectivity index (χ4n) is 0.702. The normalized spacial score (nSPS) is 9.23. The van der Waals surface area contributed by atoms with Gasteiger partial charge in [-0.3, -0.25) is 4.79 Å². The average molecular weight is 187 g/mol. The molecule has 0 aromatic rings. The van der Waals surface area contributed by atoms with E-state index in [1.165, 1.54) is 9.80 Å². The molecule has 3 amide bonds. The molecule has 0 aliphatic rings. The summed E-state index contributed by atoms with van der Waals surface area (Å²) in [6.07, 6.45) is 0. The highest BCUT2D eigenvalue weighted by Gasteiger charge is 2.12. The summed E-state index contributed by atoms with van der Waals surface area (Å²) in [7, 11) is 4.91. The van der Waals surface area contributed by atoms with E-state index >= 15 is 0 Å². The van der Waals surface area contributed by atoms with Crippen LogP contribution < -0.4 is 5.32 Å². The minimum Gasteiger partial charge on any atom is -0.347 e. The van der Waals surface area contributed by atoms with Crippen molar-refractivity contribution < 1.29 is 9.59 Å². The fourth-order valence-corrected chi connectivity index (χ4v) is 0.702. The first-order chi connectivity index (χ1) is 5.99. The van der Waals surface area contributed by atoms with E-state index in [0.29, 0.717) is 6.54 Å². The van der Waals surface area contributed by atoms with Gasteiger partial charge in [0.15, 0.2) is 0 Å². The molecule has 0 heterocycles. The zero-order valence-corrected chi connectivity index (χ0v) is 8.63. The van der Waals surface area contributed by atoms with Gasteiger partial charge in [-0.15, -0.1) is 0 Å². The van der Waals surface area contributed by atoms with Crippen LogP contribution in [0.2, 0.25) is 0 Å². The molecule has 0 rings (SSSR count). The third-order valence-corrected chi connectivity index (χ3v) is 1.55. The van der Waals surface area contributed by atoms with Gasteiger partial charge in [-0.05, 0) is 6.92 Å². The van der Waals surface area contributed by atoms with E-state index in [0.717, 1.165) is 0 Å². The maximum absolute atomic E-state index is 11.2. The Balaban J connectivity index is 3.92. The Morgan fingerprint density at radius 2 is 1.77 bits per heavy atom. The Bertz CT molecular complexity index is 192. The first-order valence-electron chi connectivity index (χ1n) is 4.18. The van der Waals surface area contributed by atoms with Crippen LogP contribution in [0.5, 0.6) is 0 Å². The number of rotatable bonds is 3. The van der Waals surface area contributed by atoms with E-state index < -0.39 is 0 Å². The molecule has 13 heavy (non-hydrogen) atoms. The van der Waals surface area contributed by atoms with Crippen LogP contribution in [0.15, 0.2) is 0 Å². The number of nitrogens with one attached hydrogen (secondary N) is 1. The van der Waals surface area contributed by atoms with E-state index in [4.69, 9.17) is 0 Å². The van der Waals surface area contributed by atoms with Gasteiger partial charge in [-0.25, -0.2) is 4.79 Å². The molecule has 0 atom stereocenters. The van der Waals surface area contributed by atoms with Crippen LogP contribution in [-0.4, -0.2) is 56.0 Å². The molecule has 0 bridgehead atoms. The Labute approximate surface area is 78.7 Å². The van der Waals surface area contributed by atoms with Crippen LogP contribution >= 0.6 is 0 Å². The quantitative estimate of drug-likeness (QED) is 0.661. The van der Waals surface area contributed by atoms with E-state index in [-0.39, 0.29) is 18.5 Å². The minimum atomic E-state index is -0.224. The van der Waals surface area contributed by atoms with Gasteiger partial charge in [0.2, 0.25) is 5.91 Å². The van der Waals surface area contributed by atoms with Crippen LogP contribution in [0.25, 0.3) is 0 Å². The molecule has 76 valence electrons. The third-order valence-electron chi connectivity index (χ3n) is 1.55. The van der Waals surface area contributed by atoms with Gasteiger partial charge in [-0.1, -0.05) is 0 Å². The van der Waals surface area contributed by atoms with Gasteiger partial charge in [0.05, 0.1) is 0 Å². The predicted molar refractivity (Wildman–Crippen MR) is 50.4 cm³/mol. The zero-order chi connectivity index (χ0) is 10.4. The van der Waals surface area contributed by atoms with Gasteiger partial charge in [-0.2, -0.15) is 0 Å². The lowest BCUT2D eigenvalue weighted by molar-refractivity contribution is -0.129. The Kier molecular flexibility index (Phi) is 4.87. The summed E-state index contributed by atoms with van der Waals surface area (Å²) in [5.41, 5.74) is 0. The van der Waals surface area contributed by atoms with Crippen molar-refractivity contribution in [3.05, 3.63) is 0 Å². The molecule has 1 N–H and O–H groups in total. The summed E-state index contributed by atoms with van der Waals surface area (Å²) in [6, 6.07) is -0.224. The predicted octanol–water partition coefficient (Wildman–Crippen LogP) is -0.264. The summed E-state index contributed by atoms with van der Waals surface area (Å²) in [6.45, 7) is 2.51. The van der Waals surface area contributed by atoms with Crippen molar-refractivity contribution in [3.8, 4) is 0 Å². The number of carbonyl (C=O) groups is 2. The number of hydrogen-bond acceptors (Lipinski definition) is 2. The monoisotopic (exact) mass is 187 g/mol. The van der Waals surface area contributed by atoms with Crippen molar-refractivity contribution in [1.29, 1.82) is 0 Å². The molecule has 5 heteroatoms. The van der Waals surface area contributed by atoms with Crippen molar-refractivity contribution >= 4 is 11.9 Å². The maximum atomic E-state index is 11.2. The molecule has 0 fully saturated rings. The first kappa shape index (κ1) is 11.7. The molecule has 0 unspecified atom stereocenters. The first-order valence-corrected chi connectivity index (χ1v) is 4.18. The largest absolute Gasteiger partial charge is 0.347 e. The summed E-state index contributed by atoms with van der Waals surface area (Å²) in [4.78, 5) is 25.1. The van der Waals surface area contributed by atoms with E-state index in [9.17, 15) is 9.59 Å². The maximum Gasteiger partial charge on any atom is 0.317 e. The second kappa shape index (κ2) is 5.40. The van der Waals surface area contributed by atoms with Crippen molar-refractivity contribution in [2.75, 3.05) is 34.2 Å². The van der Waals surface area contributed by atoms with Crippen LogP contribution in [0.1, 0.15) is 6.92 Å². The van der Waals surface area contributed by atoms with Gasteiger partial charge in [0.25, 0.3) is 0 Å². The molecule has 0 radical (unpaired) electrons. The highest BCUT2D eigenvalue weighted by molar-refractivity contribution is 5.83. The summed E-state index contributed by atoms with van der Waals surface area (Å²) < 4.78 is 0. The number of carbonyl (C=O) groups excluding carboxylic acids is 2. The number of urea groups is 1. The van der Waals surface area contributed by atoms with E-state index in [1.807, 2.05) is 6.92 Å². The molecule has 0 aromatic carbocycles. The summed E-state index contributed by atoms with van der Waals surface area (Å²) in [5, 5.41) is 2.61. The number of likely N-dealkylation sites (N-methyl/N-ethyl adjacent to an activating group) is 2. The van der Waals surface area contributed by atoms with Crippen LogP contribution in [0.4, 0.5) is 4.79 Å². The molecule has 0 saturated heterocycles. The Hall–Kier alpha value is -1.26. The molecule has 5 nitrogen and oxygen atoms in total. The number of hydrogen-bond donors (Lipinski definition) is 1. The lowest BCUT2D eigenvalue weighted by Gasteiger charge is -2.19. The van der Waals surface area contributed by atoms with Crippen LogP contribution in [0.3, 0.4) is 0 Å². The molecule has 0 saturated carbocycles. The van der Waals surface area contributed by atoms with E-state index in [1.54, 1.807) is 21.1 Å². The third kappa shape index (κ3) is 4.35. The summed E-state index contributed by atoms with van der Waals surface area (Å²) in [5.74, 6) is -0.0891. The van der Waals surface area contributed by atoms with Crippen LogP contribution in [-0.2, 0) is 4.79 Å². The SMILES string of the molecule is CCNC(=O)N(C)CC(=O)N(C)C. The topological polar surface area (TPSA) is 52.7 Å². The zero-order valence-electron chi connectivity index (χ0n) is 8.63. The van der Waals surface area contributed by atoms with Crippen LogP contribution in [0, 0.1) is 0 Å². The molecule has 0 aromatic heterocycles. The second-order valence-electron chi connectivity index (χ2n) is 2.98. The average Bonchev–Trinajstić information content (AvgIpc) is 2.04. The second-order valence-corrected chi connectivity index (χ2v) is 2.98. The van der Waals surface area contributed by atoms with Crippen molar-refractivity contribution in [2.24, 2.45) is 0 Å². The van der Waals surface area contributed by atoms with Crippen molar-refractivity contribution in [2.45, 2.75) is 6.92 Å². The van der Waals surface area contributed by atoms with Gasteiger partial charge in [0.1, 0.15) is 6.54 Å². The molecular formula is C8H17N3O2. The van der Waals surface area contributed by atoms with Gasteiger partial charge < -0.3 is 15.1 Å². The Morgan fingerprint density at radius 3 is 2.15 bits per heavy atom. The lowest BCUT2D eigenvalue weighted by atomic mass is 10.5. The van der Waals surface area contributed by atoms with Crippen molar-refractivity contribution in [1.82, 2.24) is 15.1 Å². The number of amides is 3. The molecule has 0 spiro atoms. The molecule has 0 aliphatic carbocycles. The fraction of sp³-hybridized carbons (Fsp3) is 0.750. The van der Waals surface area contributed by atoms with Gasteiger partial charge in [0, 0.05) is 27.7 Å². The van der Waals surface area contributed by atoms with Crippen molar-refractivity contribution in [3.63, 3.8) is 0 Å². The minimum absolute atomic E-state index is 0.0891. The highest BCUT2D eigenvalue weighted by atomic mass is 16.2. The highest BCUT2D eigenvalue weighted by Crippen LogP contribution is 1.87. The lowest BCUT2D eigenvalue weighted by Crippen LogP contribution is -2.42. The summed E-state index contributed by atoms with van der Waals surface area (Å²) >= 11 is 0.